The Morgan fingerprint density at radius 1 is 1.32 bits per heavy atom. The molecule has 0 spiro atoms. The van der Waals surface area contributed by atoms with E-state index in [-0.39, 0.29) is 21.3 Å². The lowest BCUT2D eigenvalue weighted by atomic mass is 10.5. The molecule has 0 bridgehead atoms. The number of sulfonamides is 1. The summed E-state index contributed by atoms with van der Waals surface area (Å²) in [6.45, 7) is 1.67. The van der Waals surface area contributed by atoms with Crippen molar-refractivity contribution in [1.82, 2.24) is 19.5 Å². The lowest BCUT2D eigenvalue weighted by Gasteiger charge is -2.05. The monoisotopic (exact) mass is 321 g/mol. The predicted molar refractivity (Wildman–Crippen MR) is 70.8 cm³/mol. The van der Waals surface area contributed by atoms with Gasteiger partial charge in [-0.1, -0.05) is 23.2 Å². The minimum Gasteiger partial charge on any atom is -0.324 e. The molecule has 2 heterocycles. The summed E-state index contributed by atoms with van der Waals surface area (Å²) < 4.78 is 27.7. The Bertz CT molecular complexity index is 708. The number of aryl methyl sites for hydroxylation is 2. The van der Waals surface area contributed by atoms with Crippen molar-refractivity contribution in [3.63, 3.8) is 0 Å². The Morgan fingerprint density at radius 2 is 2.00 bits per heavy atom. The predicted octanol–water partition coefficient (Wildman–Crippen LogP) is 1.63. The third-order valence-electron chi connectivity index (χ3n) is 2.14. The molecule has 0 fully saturated rings. The average Bonchev–Trinajstić information content (AvgIpc) is 2.57. The minimum absolute atomic E-state index is 0.00810. The fraction of sp³-hybridized carbons (Fsp3) is 0.222. The molecule has 102 valence electrons. The topological polar surface area (TPSA) is 89.8 Å². The number of nitrogens with zero attached hydrogens (tertiary/aromatic N) is 4. The number of anilines is 1. The number of imidazole rings is 1. The Labute approximate surface area is 119 Å². The van der Waals surface area contributed by atoms with Crippen LogP contribution in [0, 0.1) is 6.92 Å². The van der Waals surface area contributed by atoms with Gasteiger partial charge in [0.1, 0.15) is 10.3 Å². The van der Waals surface area contributed by atoms with Gasteiger partial charge in [0.05, 0.1) is 6.33 Å². The van der Waals surface area contributed by atoms with Crippen LogP contribution in [0.5, 0.6) is 0 Å². The number of aromatic nitrogens is 4. The highest BCUT2D eigenvalue weighted by molar-refractivity contribution is 7.92. The molecule has 10 heteroatoms. The third kappa shape index (κ3) is 2.96. The molecule has 0 aliphatic heterocycles. The van der Waals surface area contributed by atoms with E-state index in [0.29, 0.717) is 5.69 Å². The maximum absolute atomic E-state index is 12.1. The largest absolute Gasteiger partial charge is 0.324 e. The van der Waals surface area contributed by atoms with E-state index in [1.165, 1.54) is 17.0 Å². The van der Waals surface area contributed by atoms with Gasteiger partial charge in [-0.3, -0.25) is 0 Å². The first-order valence-corrected chi connectivity index (χ1v) is 7.24. The first-order valence-electron chi connectivity index (χ1n) is 5.00. The Balaban J connectivity index is 2.39. The van der Waals surface area contributed by atoms with Gasteiger partial charge in [-0.05, 0) is 13.0 Å². The fourth-order valence-electron chi connectivity index (χ4n) is 1.32. The van der Waals surface area contributed by atoms with Crippen molar-refractivity contribution in [1.29, 1.82) is 0 Å². The second kappa shape index (κ2) is 4.95. The second-order valence-electron chi connectivity index (χ2n) is 3.71. The molecule has 2 aromatic heterocycles. The van der Waals surface area contributed by atoms with Crippen LogP contribution in [0.2, 0.25) is 10.3 Å². The summed E-state index contributed by atoms with van der Waals surface area (Å²) in [5, 5.41) is -0.165. The number of hydrogen-bond acceptors (Lipinski definition) is 5. The second-order valence-corrected chi connectivity index (χ2v) is 6.06. The van der Waals surface area contributed by atoms with Gasteiger partial charge in [-0.2, -0.15) is 8.42 Å². The first-order chi connectivity index (χ1) is 8.79. The van der Waals surface area contributed by atoms with Crippen LogP contribution in [0.4, 0.5) is 5.95 Å². The van der Waals surface area contributed by atoms with Crippen LogP contribution in [-0.4, -0.2) is 27.9 Å². The summed E-state index contributed by atoms with van der Waals surface area (Å²) in [4.78, 5) is 11.4. The van der Waals surface area contributed by atoms with Crippen LogP contribution in [-0.2, 0) is 17.1 Å². The molecule has 19 heavy (non-hydrogen) atoms. The molecule has 0 aromatic carbocycles. The van der Waals surface area contributed by atoms with Gasteiger partial charge in [-0.25, -0.2) is 19.7 Å². The molecule has 2 rings (SSSR count). The van der Waals surface area contributed by atoms with Gasteiger partial charge in [0, 0.05) is 12.7 Å². The van der Waals surface area contributed by atoms with Gasteiger partial charge < -0.3 is 4.57 Å². The molecule has 0 radical (unpaired) electrons. The summed E-state index contributed by atoms with van der Waals surface area (Å²) in [7, 11) is -2.38. The van der Waals surface area contributed by atoms with Crippen molar-refractivity contribution >= 4 is 39.2 Å². The number of rotatable bonds is 3. The van der Waals surface area contributed by atoms with E-state index in [9.17, 15) is 8.42 Å². The maximum Gasteiger partial charge on any atom is 0.284 e. The van der Waals surface area contributed by atoms with Crippen molar-refractivity contribution in [2.75, 3.05) is 4.72 Å². The first kappa shape index (κ1) is 14.0. The van der Waals surface area contributed by atoms with Crippen LogP contribution in [0.15, 0.2) is 17.4 Å². The van der Waals surface area contributed by atoms with Gasteiger partial charge in [0.25, 0.3) is 10.0 Å². The van der Waals surface area contributed by atoms with E-state index in [1.54, 1.807) is 14.0 Å². The normalized spacial score (nSPS) is 11.6. The van der Waals surface area contributed by atoms with E-state index in [4.69, 9.17) is 23.2 Å². The Morgan fingerprint density at radius 3 is 2.53 bits per heavy atom. The van der Waals surface area contributed by atoms with E-state index in [1.807, 2.05) is 0 Å². The quantitative estimate of drug-likeness (QED) is 0.868. The molecule has 0 atom stereocenters. The van der Waals surface area contributed by atoms with Gasteiger partial charge >= 0.3 is 0 Å². The van der Waals surface area contributed by atoms with Crippen LogP contribution in [0.3, 0.4) is 0 Å². The molecule has 0 amide bonds. The zero-order valence-corrected chi connectivity index (χ0v) is 12.3. The Kier molecular flexibility index (Phi) is 3.66. The lowest BCUT2D eigenvalue weighted by molar-refractivity contribution is 0.597. The fourth-order valence-corrected chi connectivity index (χ4v) is 2.93. The summed E-state index contributed by atoms with van der Waals surface area (Å²) in [5.74, 6) is -0.133. The van der Waals surface area contributed by atoms with E-state index in [0.717, 1.165) is 0 Å². The molecular weight excluding hydrogens is 313 g/mol. The zero-order valence-electron chi connectivity index (χ0n) is 9.92. The summed E-state index contributed by atoms with van der Waals surface area (Å²) in [6.07, 6.45) is 1.29. The minimum atomic E-state index is -3.95. The van der Waals surface area contributed by atoms with Crippen molar-refractivity contribution in [2.45, 2.75) is 11.9 Å². The molecule has 0 aliphatic carbocycles. The molecule has 0 saturated carbocycles. The molecule has 0 unspecified atom stereocenters. The van der Waals surface area contributed by atoms with Crippen LogP contribution < -0.4 is 4.72 Å². The molecule has 0 aliphatic rings. The molecule has 7 nitrogen and oxygen atoms in total. The van der Waals surface area contributed by atoms with Crippen molar-refractivity contribution in [3.05, 3.63) is 28.4 Å². The number of hydrogen-bond donors (Lipinski definition) is 1. The van der Waals surface area contributed by atoms with E-state index in [2.05, 4.69) is 19.7 Å². The van der Waals surface area contributed by atoms with E-state index >= 15 is 0 Å². The molecule has 2 aromatic rings. The number of halogens is 2. The van der Waals surface area contributed by atoms with Crippen LogP contribution in [0.25, 0.3) is 0 Å². The standard InChI is InChI=1S/C9H9Cl2N5O2S/c1-5-3-6(10)14-9(13-5)15-19(17,18)8-7(11)16(2)4-12-8/h3-4H,1-2H3,(H,13,14,15). The van der Waals surface area contributed by atoms with Gasteiger partial charge in [0.15, 0.2) is 0 Å². The highest BCUT2D eigenvalue weighted by Gasteiger charge is 2.23. The summed E-state index contributed by atoms with van der Waals surface area (Å²) in [5.41, 5.74) is 0.532. The highest BCUT2D eigenvalue weighted by Crippen LogP contribution is 2.21. The summed E-state index contributed by atoms with van der Waals surface area (Å²) >= 11 is 11.6. The Hall–Kier alpha value is -1.38. The van der Waals surface area contributed by atoms with Crippen molar-refractivity contribution < 1.29 is 8.42 Å². The van der Waals surface area contributed by atoms with E-state index < -0.39 is 10.0 Å². The molecular formula is C9H9Cl2N5O2S. The van der Waals surface area contributed by atoms with Gasteiger partial charge in [-0.15, -0.1) is 0 Å². The van der Waals surface area contributed by atoms with Crippen LogP contribution >= 0.6 is 23.2 Å². The summed E-state index contributed by atoms with van der Waals surface area (Å²) in [6, 6.07) is 1.51. The smallest absolute Gasteiger partial charge is 0.284 e. The third-order valence-corrected chi connectivity index (χ3v) is 4.15. The average molecular weight is 322 g/mol. The highest BCUT2D eigenvalue weighted by atomic mass is 35.5. The SMILES string of the molecule is Cc1cc(Cl)nc(NS(=O)(=O)c2ncn(C)c2Cl)n1. The number of nitrogens with one attached hydrogen (secondary N) is 1. The van der Waals surface area contributed by atoms with Gasteiger partial charge in [0.2, 0.25) is 11.0 Å². The molecule has 1 N–H and O–H groups in total. The van der Waals surface area contributed by atoms with Crippen molar-refractivity contribution in [3.8, 4) is 0 Å². The van der Waals surface area contributed by atoms with Crippen LogP contribution in [0.1, 0.15) is 5.69 Å². The zero-order chi connectivity index (χ0) is 14.2. The van der Waals surface area contributed by atoms with Crippen molar-refractivity contribution in [2.24, 2.45) is 7.05 Å². The molecule has 0 saturated heterocycles. The maximum atomic E-state index is 12.1. The lowest BCUT2D eigenvalue weighted by Crippen LogP contribution is -2.16.